The van der Waals surface area contributed by atoms with Gasteiger partial charge in [-0.2, -0.15) is 5.10 Å². The molecule has 0 unspecified atom stereocenters. The van der Waals surface area contributed by atoms with E-state index in [1.54, 1.807) is 16.8 Å². The van der Waals surface area contributed by atoms with E-state index in [1.807, 2.05) is 19.3 Å². The summed E-state index contributed by atoms with van der Waals surface area (Å²) in [5, 5.41) is 16.4. The zero-order valence-electron chi connectivity index (χ0n) is 9.72. The number of halogens is 1. The third-order valence-electron chi connectivity index (χ3n) is 2.41. The van der Waals surface area contributed by atoms with Crippen molar-refractivity contribution >= 4 is 21.8 Å². The summed E-state index contributed by atoms with van der Waals surface area (Å²) in [7, 11) is 1.82. The summed E-state index contributed by atoms with van der Waals surface area (Å²) >= 11 is 3.16. The molecule has 1 amide bonds. The summed E-state index contributed by atoms with van der Waals surface area (Å²) in [5.41, 5.74) is 1.19. The van der Waals surface area contributed by atoms with Crippen LogP contribution in [0.4, 0.5) is 0 Å². The van der Waals surface area contributed by atoms with Gasteiger partial charge >= 0.3 is 0 Å². The molecule has 5 nitrogen and oxygen atoms in total. The summed E-state index contributed by atoms with van der Waals surface area (Å²) in [6.45, 7) is 0.358. The van der Waals surface area contributed by atoms with Gasteiger partial charge in [-0.1, -0.05) is 0 Å². The van der Waals surface area contributed by atoms with Crippen LogP contribution in [0.1, 0.15) is 16.1 Å². The van der Waals surface area contributed by atoms with Gasteiger partial charge in [-0.05, 0) is 40.2 Å². The number of phenolic OH excluding ortho intramolecular Hbond substituents is 1. The van der Waals surface area contributed by atoms with E-state index in [9.17, 15) is 9.90 Å². The number of carbonyl (C=O) groups excluding carboxylic acids is 1. The van der Waals surface area contributed by atoms with E-state index in [1.165, 1.54) is 6.07 Å². The SMILES string of the molecule is Cn1ccc(CNC(=O)c2ccc(Br)c(O)c2)n1. The Kier molecular flexibility index (Phi) is 3.66. The Balaban J connectivity index is 2.01. The fourth-order valence-corrected chi connectivity index (χ4v) is 1.73. The van der Waals surface area contributed by atoms with E-state index in [0.717, 1.165) is 5.69 Å². The molecular weight excluding hydrogens is 298 g/mol. The Morgan fingerprint density at radius 2 is 2.28 bits per heavy atom. The second kappa shape index (κ2) is 5.22. The summed E-state index contributed by atoms with van der Waals surface area (Å²) < 4.78 is 2.23. The fraction of sp³-hybridized carbons (Fsp3) is 0.167. The molecule has 1 aromatic carbocycles. The number of benzene rings is 1. The van der Waals surface area contributed by atoms with E-state index < -0.39 is 0 Å². The number of nitrogens with zero attached hydrogens (tertiary/aromatic N) is 2. The molecule has 2 rings (SSSR count). The van der Waals surface area contributed by atoms with Crippen molar-refractivity contribution in [3.8, 4) is 5.75 Å². The van der Waals surface area contributed by atoms with Crippen LogP contribution in [0.2, 0.25) is 0 Å². The Hall–Kier alpha value is -1.82. The van der Waals surface area contributed by atoms with Crippen molar-refractivity contribution in [1.29, 1.82) is 0 Å². The first-order chi connectivity index (χ1) is 8.56. The molecule has 1 heterocycles. The van der Waals surface area contributed by atoms with Crippen LogP contribution in [-0.2, 0) is 13.6 Å². The van der Waals surface area contributed by atoms with Crippen molar-refractivity contribution < 1.29 is 9.90 Å². The number of rotatable bonds is 3. The molecule has 0 aliphatic heterocycles. The molecule has 0 fully saturated rings. The quantitative estimate of drug-likeness (QED) is 0.909. The molecule has 0 saturated carbocycles. The third-order valence-corrected chi connectivity index (χ3v) is 3.08. The molecule has 0 spiro atoms. The minimum absolute atomic E-state index is 0.0421. The van der Waals surface area contributed by atoms with Gasteiger partial charge in [0.15, 0.2) is 0 Å². The second-order valence-electron chi connectivity index (χ2n) is 3.83. The molecule has 0 radical (unpaired) electrons. The lowest BCUT2D eigenvalue weighted by Gasteiger charge is -2.04. The molecule has 1 aromatic heterocycles. The summed E-state index contributed by atoms with van der Waals surface area (Å²) in [6, 6.07) is 6.51. The Morgan fingerprint density at radius 3 is 2.89 bits per heavy atom. The highest BCUT2D eigenvalue weighted by Gasteiger charge is 2.08. The van der Waals surface area contributed by atoms with Crippen LogP contribution in [0.3, 0.4) is 0 Å². The minimum Gasteiger partial charge on any atom is -0.507 e. The molecule has 2 N–H and O–H groups in total. The minimum atomic E-state index is -0.247. The zero-order valence-corrected chi connectivity index (χ0v) is 11.3. The van der Waals surface area contributed by atoms with E-state index in [-0.39, 0.29) is 11.7 Å². The summed E-state index contributed by atoms with van der Waals surface area (Å²) in [5.74, 6) is -0.205. The number of aryl methyl sites for hydroxylation is 1. The van der Waals surface area contributed by atoms with Gasteiger partial charge in [0.25, 0.3) is 5.91 Å². The lowest BCUT2D eigenvalue weighted by molar-refractivity contribution is 0.0950. The maximum absolute atomic E-state index is 11.8. The van der Waals surface area contributed by atoms with Crippen LogP contribution in [0, 0.1) is 0 Å². The normalized spacial score (nSPS) is 10.3. The maximum atomic E-state index is 11.8. The lowest BCUT2D eigenvalue weighted by Crippen LogP contribution is -2.23. The van der Waals surface area contributed by atoms with Crippen molar-refractivity contribution in [1.82, 2.24) is 15.1 Å². The van der Waals surface area contributed by atoms with Gasteiger partial charge in [-0.15, -0.1) is 0 Å². The van der Waals surface area contributed by atoms with Crippen LogP contribution >= 0.6 is 15.9 Å². The summed E-state index contributed by atoms with van der Waals surface area (Å²) in [4.78, 5) is 11.8. The van der Waals surface area contributed by atoms with Gasteiger partial charge in [0.05, 0.1) is 16.7 Å². The molecular formula is C12H12BrN3O2. The average Bonchev–Trinajstić information content (AvgIpc) is 2.75. The van der Waals surface area contributed by atoms with Gasteiger partial charge in [0.2, 0.25) is 0 Å². The number of phenols is 1. The smallest absolute Gasteiger partial charge is 0.251 e. The second-order valence-corrected chi connectivity index (χ2v) is 4.68. The van der Waals surface area contributed by atoms with Crippen molar-refractivity contribution in [3.63, 3.8) is 0 Å². The molecule has 0 atom stereocenters. The zero-order chi connectivity index (χ0) is 13.1. The topological polar surface area (TPSA) is 67.2 Å². The molecule has 0 aliphatic carbocycles. The third kappa shape index (κ3) is 2.89. The number of amides is 1. The van der Waals surface area contributed by atoms with Gasteiger partial charge < -0.3 is 10.4 Å². The van der Waals surface area contributed by atoms with Crippen LogP contribution in [0.25, 0.3) is 0 Å². The monoisotopic (exact) mass is 309 g/mol. The number of aromatic nitrogens is 2. The van der Waals surface area contributed by atoms with Gasteiger partial charge in [0.1, 0.15) is 5.75 Å². The summed E-state index contributed by atoms with van der Waals surface area (Å²) in [6.07, 6.45) is 1.81. The standard InChI is InChI=1S/C12H12BrN3O2/c1-16-5-4-9(15-16)7-14-12(18)8-2-3-10(13)11(17)6-8/h2-6,17H,7H2,1H3,(H,14,18). The van der Waals surface area contributed by atoms with E-state index in [2.05, 4.69) is 26.3 Å². The van der Waals surface area contributed by atoms with E-state index >= 15 is 0 Å². The van der Waals surface area contributed by atoms with Gasteiger partial charge in [0, 0.05) is 18.8 Å². The van der Waals surface area contributed by atoms with Crippen LogP contribution in [0.5, 0.6) is 5.75 Å². The Bertz CT molecular complexity index is 580. The largest absolute Gasteiger partial charge is 0.507 e. The Morgan fingerprint density at radius 1 is 1.50 bits per heavy atom. The fourth-order valence-electron chi connectivity index (χ4n) is 1.48. The predicted molar refractivity (Wildman–Crippen MR) is 70.2 cm³/mol. The highest BCUT2D eigenvalue weighted by atomic mass is 79.9. The highest BCUT2D eigenvalue weighted by molar-refractivity contribution is 9.10. The Labute approximate surface area is 113 Å². The molecule has 0 aliphatic rings. The number of aromatic hydroxyl groups is 1. The van der Waals surface area contributed by atoms with Crippen molar-refractivity contribution in [2.24, 2.45) is 7.05 Å². The first-order valence-electron chi connectivity index (χ1n) is 5.31. The van der Waals surface area contributed by atoms with Crippen LogP contribution in [-0.4, -0.2) is 20.8 Å². The predicted octanol–water partition coefficient (Wildman–Crippen LogP) is 1.82. The van der Waals surface area contributed by atoms with Crippen LogP contribution in [0.15, 0.2) is 34.9 Å². The van der Waals surface area contributed by atoms with E-state index in [4.69, 9.17) is 0 Å². The van der Waals surface area contributed by atoms with Crippen molar-refractivity contribution in [2.75, 3.05) is 0 Å². The first-order valence-corrected chi connectivity index (χ1v) is 6.11. The molecule has 2 aromatic rings. The number of hydrogen-bond acceptors (Lipinski definition) is 3. The maximum Gasteiger partial charge on any atom is 0.251 e. The number of carbonyl (C=O) groups is 1. The molecule has 0 saturated heterocycles. The average molecular weight is 310 g/mol. The highest BCUT2D eigenvalue weighted by Crippen LogP contribution is 2.24. The van der Waals surface area contributed by atoms with Gasteiger partial charge in [-0.25, -0.2) is 0 Å². The van der Waals surface area contributed by atoms with Crippen molar-refractivity contribution in [3.05, 3.63) is 46.2 Å². The molecule has 0 bridgehead atoms. The number of hydrogen-bond donors (Lipinski definition) is 2. The first kappa shape index (κ1) is 12.6. The molecule has 18 heavy (non-hydrogen) atoms. The molecule has 94 valence electrons. The molecule has 6 heteroatoms. The van der Waals surface area contributed by atoms with Crippen LogP contribution < -0.4 is 5.32 Å². The van der Waals surface area contributed by atoms with Gasteiger partial charge in [-0.3, -0.25) is 9.48 Å². The number of nitrogens with one attached hydrogen (secondary N) is 1. The van der Waals surface area contributed by atoms with E-state index in [0.29, 0.717) is 16.6 Å². The van der Waals surface area contributed by atoms with Crippen molar-refractivity contribution in [2.45, 2.75) is 6.54 Å². The lowest BCUT2D eigenvalue weighted by atomic mass is 10.2.